The third-order valence-electron chi connectivity index (χ3n) is 5.08. The first-order chi connectivity index (χ1) is 12.8. The number of rotatable bonds is 3. The maximum Gasteiger partial charge on any atom is 0.322 e. The van der Waals surface area contributed by atoms with Gasteiger partial charge in [-0.25, -0.2) is 4.79 Å². The first kappa shape index (κ1) is 16.8. The molecule has 1 atom stereocenters. The average molecular weight is 352 g/mol. The van der Waals surface area contributed by atoms with Gasteiger partial charge in [-0.05, 0) is 48.7 Å². The molecule has 0 saturated carbocycles. The highest BCUT2D eigenvalue weighted by Gasteiger charge is 2.30. The van der Waals surface area contributed by atoms with Gasteiger partial charge in [-0.1, -0.05) is 6.07 Å². The number of aromatic nitrogens is 1. The maximum atomic E-state index is 12.9. The predicted molar refractivity (Wildman–Crippen MR) is 101 cm³/mol. The van der Waals surface area contributed by atoms with Crippen LogP contribution in [0.3, 0.4) is 0 Å². The number of anilines is 2. The molecule has 6 nitrogen and oxygen atoms in total. The average Bonchev–Trinajstić information content (AvgIpc) is 3.20. The molecular formula is C20H24N4O2. The fourth-order valence-electron chi connectivity index (χ4n) is 3.74. The van der Waals surface area contributed by atoms with Crippen molar-refractivity contribution in [2.24, 2.45) is 0 Å². The predicted octanol–water partition coefficient (Wildman–Crippen LogP) is 3.29. The fourth-order valence-corrected chi connectivity index (χ4v) is 3.74. The number of carbonyl (C=O) groups excluding carboxylic acids is 1. The van der Waals surface area contributed by atoms with Crippen molar-refractivity contribution < 1.29 is 9.53 Å². The Kier molecular flexibility index (Phi) is 5.02. The summed E-state index contributed by atoms with van der Waals surface area (Å²) in [6.45, 7) is 4.04. The summed E-state index contributed by atoms with van der Waals surface area (Å²) in [6.07, 6.45) is 5.59. The minimum Gasteiger partial charge on any atom is -0.378 e. The van der Waals surface area contributed by atoms with Gasteiger partial charge >= 0.3 is 6.03 Å². The molecule has 136 valence electrons. The second-order valence-corrected chi connectivity index (χ2v) is 6.71. The van der Waals surface area contributed by atoms with Crippen LogP contribution in [0.5, 0.6) is 0 Å². The Hall–Kier alpha value is -2.60. The number of benzene rings is 1. The second kappa shape index (κ2) is 7.74. The van der Waals surface area contributed by atoms with E-state index in [-0.39, 0.29) is 12.1 Å². The lowest BCUT2D eigenvalue weighted by molar-refractivity contribution is 0.122. The molecule has 0 spiro atoms. The summed E-state index contributed by atoms with van der Waals surface area (Å²) in [5.41, 5.74) is 3.10. The van der Waals surface area contributed by atoms with Crippen LogP contribution in [0, 0.1) is 0 Å². The number of hydrogen-bond acceptors (Lipinski definition) is 4. The lowest BCUT2D eigenvalue weighted by Crippen LogP contribution is -2.36. The molecule has 2 saturated heterocycles. The van der Waals surface area contributed by atoms with Crippen molar-refractivity contribution in [2.45, 2.75) is 18.9 Å². The first-order valence-corrected chi connectivity index (χ1v) is 9.21. The van der Waals surface area contributed by atoms with Crippen LogP contribution in [0.2, 0.25) is 0 Å². The van der Waals surface area contributed by atoms with Gasteiger partial charge in [-0.2, -0.15) is 0 Å². The van der Waals surface area contributed by atoms with E-state index in [1.54, 1.807) is 12.4 Å². The van der Waals surface area contributed by atoms with Crippen LogP contribution in [0.4, 0.5) is 16.2 Å². The molecular weight excluding hydrogens is 328 g/mol. The maximum absolute atomic E-state index is 12.9. The van der Waals surface area contributed by atoms with Gasteiger partial charge in [0.2, 0.25) is 0 Å². The molecule has 0 aliphatic carbocycles. The largest absolute Gasteiger partial charge is 0.378 e. The molecule has 0 bridgehead atoms. The molecule has 1 aromatic carbocycles. The number of nitrogens with one attached hydrogen (secondary N) is 1. The molecule has 2 aliphatic rings. The zero-order valence-electron chi connectivity index (χ0n) is 14.8. The van der Waals surface area contributed by atoms with Crippen LogP contribution in [0.15, 0.2) is 48.8 Å². The van der Waals surface area contributed by atoms with Crippen LogP contribution < -0.4 is 10.2 Å². The highest BCUT2D eigenvalue weighted by molar-refractivity contribution is 5.90. The van der Waals surface area contributed by atoms with Crippen molar-refractivity contribution in [1.29, 1.82) is 0 Å². The van der Waals surface area contributed by atoms with Gasteiger partial charge in [0.15, 0.2) is 0 Å². The zero-order chi connectivity index (χ0) is 17.8. The number of urea groups is 1. The van der Waals surface area contributed by atoms with E-state index in [2.05, 4.69) is 21.3 Å². The van der Waals surface area contributed by atoms with E-state index in [1.807, 2.05) is 35.2 Å². The molecule has 2 aromatic rings. The van der Waals surface area contributed by atoms with Crippen molar-refractivity contribution >= 4 is 17.4 Å². The van der Waals surface area contributed by atoms with E-state index in [0.29, 0.717) is 0 Å². The number of hydrogen-bond donors (Lipinski definition) is 1. The van der Waals surface area contributed by atoms with Crippen LogP contribution in [-0.2, 0) is 4.74 Å². The summed E-state index contributed by atoms with van der Waals surface area (Å²) in [5, 5.41) is 3.08. The smallest absolute Gasteiger partial charge is 0.322 e. The summed E-state index contributed by atoms with van der Waals surface area (Å²) < 4.78 is 5.41. The number of ether oxygens (including phenoxy) is 1. The minimum absolute atomic E-state index is 0.0385. The van der Waals surface area contributed by atoms with Crippen LogP contribution in [-0.4, -0.2) is 48.8 Å². The third-order valence-corrected chi connectivity index (χ3v) is 5.08. The SMILES string of the molecule is O=C(Nc1cccc(N2CCOCC2)c1)N1CCC[C@H]1c1ccncc1. The van der Waals surface area contributed by atoms with Crippen LogP contribution in [0.25, 0.3) is 0 Å². The molecule has 2 aliphatic heterocycles. The number of likely N-dealkylation sites (tertiary alicyclic amines) is 1. The molecule has 4 rings (SSSR count). The highest BCUT2D eigenvalue weighted by atomic mass is 16.5. The number of pyridine rings is 1. The van der Waals surface area contributed by atoms with E-state index in [0.717, 1.165) is 62.6 Å². The van der Waals surface area contributed by atoms with E-state index in [4.69, 9.17) is 4.74 Å². The van der Waals surface area contributed by atoms with Gasteiger partial charge in [0.05, 0.1) is 19.3 Å². The van der Waals surface area contributed by atoms with E-state index < -0.39 is 0 Å². The molecule has 6 heteroatoms. The Morgan fingerprint density at radius 3 is 2.73 bits per heavy atom. The molecule has 2 amide bonds. The van der Waals surface area contributed by atoms with Crippen molar-refractivity contribution in [3.8, 4) is 0 Å². The summed E-state index contributed by atoms with van der Waals surface area (Å²) in [4.78, 5) is 21.1. The Morgan fingerprint density at radius 2 is 1.92 bits per heavy atom. The van der Waals surface area contributed by atoms with Crippen molar-refractivity contribution in [1.82, 2.24) is 9.88 Å². The summed E-state index contributed by atoms with van der Waals surface area (Å²) in [7, 11) is 0. The normalized spacial score (nSPS) is 20.2. The lowest BCUT2D eigenvalue weighted by Gasteiger charge is -2.29. The van der Waals surface area contributed by atoms with Crippen LogP contribution >= 0.6 is 0 Å². The third kappa shape index (κ3) is 3.65. The van der Waals surface area contributed by atoms with Crippen molar-refractivity contribution in [3.05, 3.63) is 54.4 Å². The topological polar surface area (TPSA) is 57.7 Å². The fraction of sp³-hybridized carbons (Fsp3) is 0.400. The molecule has 0 radical (unpaired) electrons. The van der Waals surface area contributed by atoms with Gasteiger partial charge in [0.25, 0.3) is 0 Å². The Morgan fingerprint density at radius 1 is 1.12 bits per heavy atom. The molecule has 3 heterocycles. The molecule has 26 heavy (non-hydrogen) atoms. The first-order valence-electron chi connectivity index (χ1n) is 9.21. The lowest BCUT2D eigenvalue weighted by atomic mass is 10.1. The zero-order valence-corrected chi connectivity index (χ0v) is 14.8. The van der Waals surface area contributed by atoms with Gasteiger partial charge < -0.3 is 19.9 Å². The van der Waals surface area contributed by atoms with Crippen LogP contribution in [0.1, 0.15) is 24.4 Å². The molecule has 1 aromatic heterocycles. The molecule has 0 unspecified atom stereocenters. The molecule has 2 fully saturated rings. The monoisotopic (exact) mass is 352 g/mol. The summed E-state index contributed by atoms with van der Waals surface area (Å²) in [6, 6.07) is 12.1. The van der Waals surface area contributed by atoms with Gasteiger partial charge in [-0.15, -0.1) is 0 Å². The standard InChI is InChI=1S/C20H24N4O2/c25-20(24-10-2-5-19(24)16-6-8-21-9-7-16)22-17-3-1-4-18(15-17)23-11-13-26-14-12-23/h1,3-4,6-9,15,19H,2,5,10-14H2,(H,22,25)/t19-/m0/s1. The van der Waals surface area contributed by atoms with Gasteiger partial charge in [0, 0.05) is 43.4 Å². The van der Waals surface area contributed by atoms with E-state index >= 15 is 0 Å². The van der Waals surface area contributed by atoms with Gasteiger partial charge in [0.1, 0.15) is 0 Å². The Balaban J connectivity index is 1.46. The van der Waals surface area contributed by atoms with Crippen molar-refractivity contribution in [2.75, 3.05) is 43.1 Å². The quantitative estimate of drug-likeness (QED) is 0.921. The summed E-state index contributed by atoms with van der Waals surface area (Å²) >= 11 is 0. The van der Waals surface area contributed by atoms with Gasteiger partial charge in [-0.3, -0.25) is 4.98 Å². The number of carbonyl (C=O) groups is 1. The number of amides is 2. The van der Waals surface area contributed by atoms with Crippen molar-refractivity contribution in [3.63, 3.8) is 0 Å². The Labute approximate surface area is 153 Å². The van der Waals surface area contributed by atoms with E-state index in [9.17, 15) is 4.79 Å². The summed E-state index contributed by atoms with van der Waals surface area (Å²) in [5.74, 6) is 0. The van der Waals surface area contributed by atoms with E-state index in [1.165, 1.54) is 0 Å². The minimum atomic E-state index is -0.0385. The highest BCUT2D eigenvalue weighted by Crippen LogP contribution is 2.32. The Bertz CT molecular complexity index is 746. The number of morpholine rings is 1. The molecule has 1 N–H and O–H groups in total. The number of nitrogens with zero attached hydrogens (tertiary/aromatic N) is 3. The second-order valence-electron chi connectivity index (χ2n) is 6.71.